The highest BCUT2D eigenvalue weighted by atomic mass is 79.9. The first-order valence-electron chi connectivity index (χ1n) is 6.48. The molecule has 0 amide bonds. The van der Waals surface area contributed by atoms with Crippen LogP contribution in [0.2, 0.25) is 0 Å². The molecule has 2 aliphatic rings. The van der Waals surface area contributed by atoms with E-state index in [9.17, 15) is 0 Å². The van der Waals surface area contributed by atoms with E-state index in [0.29, 0.717) is 0 Å². The Labute approximate surface area is 111 Å². The van der Waals surface area contributed by atoms with E-state index in [1.165, 1.54) is 37.9 Å². The molecular formula is C14H19BrN2. The highest BCUT2D eigenvalue weighted by Gasteiger charge is 2.35. The zero-order valence-corrected chi connectivity index (χ0v) is 11.6. The van der Waals surface area contributed by atoms with Crippen LogP contribution in [0.15, 0.2) is 22.7 Å². The van der Waals surface area contributed by atoms with Crippen molar-refractivity contribution in [3.63, 3.8) is 0 Å². The minimum atomic E-state index is 0.849. The first-order valence-corrected chi connectivity index (χ1v) is 7.28. The van der Waals surface area contributed by atoms with Crippen LogP contribution >= 0.6 is 15.9 Å². The molecule has 1 aromatic rings. The highest BCUT2D eigenvalue weighted by molar-refractivity contribution is 9.10. The second kappa shape index (κ2) is 4.62. The molecule has 1 heterocycles. The van der Waals surface area contributed by atoms with Gasteiger partial charge in [0.25, 0.3) is 0 Å². The van der Waals surface area contributed by atoms with Crippen molar-refractivity contribution < 1.29 is 0 Å². The maximum Gasteiger partial charge on any atom is 0.0461 e. The maximum absolute atomic E-state index is 5.92. The monoisotopic (exact) mass is 294 g/mol. The van der Waals surface area contributed by atoms with Crippen molar-refractivity contribution in [2.75, 3.05) is 18.8 Å². The third kappa shape index (κ3) is 2.36. The zero-order chi connectivity index (χ0) is 11.8. The summed E-state index contributed by atoms with van der Waals surface area (Å²) in [5, 5.41) is 0. The van der Waals surface area contributed by atoms with E-state index in [1.807, 2.05) is 0 Å². The van der Waals surface area contributed by atoms with Gasteiger partial charge in [-0.2, -0.15) is 0 Å². The van der Waals surface area contributed by atoms with Crippen LogP contribution in [0.5, 0.6) is 0 Å². The number of nitrogen functional groups attached to an aromatic ring is 1. The van der Waals surface area contributed by atoms with Gasteiger partial charge in [0.2, 0.25) is 0 Å². The first kappa shape index (κ1) is 11.5. The normalized spacial score (nSPS) is 28.5. The molecule has 3 heteroatoms. The summed E-state index contributed by atoms with van der Waals surface area (Å²) in [4.78, 5) is 2.59. The number of anilines is 1. The number of hydrogen-bond donors (Lipinski definition) is 1. The van der Waals surface area contributed by atoms with Crippen LogP contribution in [0.1, 0.15) is 24.8 Å². The number of halogens is 1. The van der Waals surface area contributed by atoms with E-state index in [2.05, 4.69) is 39.0 Å². The van der Waals surface area contributed by atoms with Gasteiger partial charge in [-0.3, -0.25) is 4.90 Å². The number of rotatable bonds is 2. The molecular weight excluding hydrogens is 276 g/mol. The minimum Gasteiger partial charge on any atom is -0.398 e. The van der Waals surface area contributed by atoms with Gasteiger partial charge >= 0.3 is 0 Å². The molecule has 0 bridgehead atoms. The van der Waals surface area contributed by atoms with Crippen LogP contribution in [-0.4, -0.2) is 18.0 Å². The third-order valence-corrected chi connectivity index (χ3v) is 4.99. The van der Waals surface area contributed by atoms with Gasteiger partial charge in [-0.1, -0.05) is 12.5 Å². The van der Waals surface area contributed by atoms with Crippen molar-refractivity contribution in [3.8, 4) is 0 Å². The van der Waals surface area contributed by atoms with Gasteiger partial charge in [-0.25, -0.2) is 0 Å². The van der Waals surface area contributed by atoms with Gasteiger partial charge < -0.3 is 5.73 Å². The fraction of sp³-hybridized carbons (Fsp3) is 0.571. The van der Waals surface area contributed by atoms with Crippen LogP contribution in [0, 0.1) is 11.8 Å². The van der Waals surface area contributed by atoms with Crippen molar-refractivity contribution >= 4 is 21.6 Å². The lowest BCUT2D eigenvalue weighted by Gasteiger charge is -2.17. The average Bonchev–Trinajstić information content (AvgIpc) is 2.84. The van der Waals surface area contributed by atoms with Crippen molar-refractivity contribution in [2.24, 2.45) is 11.8 Å². The number of nitrogens with zero attached hydrogens (tertiary/aromatic N) is 1. The second-order valence-corrected chi connectivity index (χ2v) is 6.36. The van der Waals surface area contributed by atoms with Gasteiger partial charge in [0.05, 0.1) is 0 Å². The van der Waals surface area contributed by atoms with E-state index in [0.717, 1.165) is 28.5 Å². The Hall–Kier alpha value is -0.540. The molecule has 1 aromatic carbocycles. The van der Waals surface area contributed by atoms with Crippen LogP contribution in [0.3, 0.4) is 0 Å². The molecule has 0 radical (unpaired) electrons. The summed E-state index contributed by atoms with van der Waals surface area (Å²) < 4.78 is 1.000. The van der Waals surface area contributed by atoms with Crippen molar-refractivity contribution in [2.45, 2.75) is 25.8 Å². The summed E-state index contributed by atoms with van der Waals surface area (Å²) in [6.07, 6.45) is 4.35. The third-order valence-electron chi connectivity index (χ3n) is 4.27. The minimum absolute atomic E-state index is 0.849. The van der Waals surface area contributed by atoms with Crippen molar-refractivity contribution in [3.05, 3.63) is 28.2 Å². The van der Waals surface area contributed by atoms with Crippen LogP contribution in [0.25, 0.3) is 0 Å². The standard InChI is InChI=1S/C14H19BrN2/c15-13-5-4-10(6-14(13)16)7-17-8-11-2-1-3-12(11)9-17/h4-6,11-12H,1-3,7-9,16H2. The highest BCUT2D eigenvalue weighted by Crippen LogP contribution is 2.38. The summed E-state index contributed by atoms with van der Waals surface area (Å²) in [5.74, 6) is 1.95. The van der Waals surface area contributed by atoms with Gasteiger partial charge in [-0.15, -0.1) is 0 Å². The fourth-order valence-corrected chi connectivity index (χ4v) is 3.66. The topological polar surface area (TPSA) is 29.3 Å². The quantitative estimate of drug-likeness (QED) is 0.849. The van der Waals surface area contributed by atoms with Gasteiger partial charge in [0, 0.05) is 29.8 Å². The first-order chi connectivity index (χ1) is 8.22. The molecule has 3 rings (SSSR count). The molecule has 2 nitrogen and oxygen atoms in total. The Morgan fingerprint density at radius 2 is 1.94 bits per heavy atom. The Balaban J connectivity index is 1.65. The zero-order valence-electron chi connectivity index (χ0n) is 10.0. The molecule has 2 atom stereocenters. The van der Waals surface area contributed by atoms with Crippen LogP contribution in [-0.2, 0) is 6.54 Å². The van der Waals surface area contributed by atoms with Gasteiger partial charge in [0.15, 0.2) is 0 Å². The number of likely N-dealkylation sites (tertiary alicyclic amines) is 1. The number of nitrogens with two attached hydrogens (primary N) is 1. The molecule has 1 aliphatic carbocycles. The van der Waals surface area contributed by atoms with E-state index in [4.69, 9.17) is 5.73 Å². The Bertz CT molecular complexity index is 407. The summed E-state index contributed by atoms with van der Waals surface area (Å²) in [7, 11) is 0. The van der Waals surface area contributed by atoms with E-state index >= 15 is 0 Å². The maximum atomic E-state index is 5.92. The lowest BCUT2D eigenvalue weighted by Crippen LogP contribution is -2.21. The Morgan fingerprint density at radius 3 is 2.59 bits per heavy atom. The molecule has 2 N–H and O–H groups in total. The van der Waals surface area contributed by atoms with Crippen LogP contribution in [0.4, 0.5) is 5.69 Å². The Kier molecular flexibility index (Phi) is 3.14. The van der Waals surface area contributed by atoms with Crippen molar-refractivity contribution in [1.82, 2.24) is 4.90 Å². The number of fused-ring (bicyclic) bond motifs is 1. The Morgan fingerprint density at radius 1 is 1.24 bits per heavy atom. The average molecular weight is 295 g/mol. The SMILES string of the molecule is Nc1cc(CN2CC3CCCC3C2)ccc1Br. The molecule has 1 saturated carbocycles. The predicted molar refractivity (Wildman–Crippen MR) is 74.7 cm³/mol. The van der Waals surface area contributed by atoms with Crippen LogP contribution < -0.4 is 5.73 Å². The largest absolute Gasteiger partial charge is 0.398 e. The van der Waals surface area contributed by atoms with E-state index in [1.54, 1.807) is 0 Å². The van der Waals surface area contributed by atoms with E-state index < -0.39 is 0 Å². The molecule has 92 valence electrons. The van der Waals surface area contributed by atoms with Crippen molar-refractivity contribution in [1.29, 1.82) is 0 Å². The molecule has 0 spiro atoms. The molecule has 17 heavy (non-hydrogen) atoms. The fourth-order valence-electron chi connectivity index (χ4n) is 3.41. The second-order valence-electron chi connectivity index (χ2n) is 5.50. The summed E-state index contributed by atoms with van der Waals surface area (Å²) in [5.41, 5.74) is 8.11. The number of benzene rings is 1. The summed E-state index contributed by atoms with van der Waals surface area (Å²) in [6.45, 7) is 3.64. The summed E-state index contributed by atoms with van der Waals surface area (Å²) >= 11 is 3.44. The lowest BCUT2D eigenvalue weighted by atomic mass is 10.0. The summed E-state index contributed by atoms with van der Waals surface area (Å²) in [6, 6.07) is 6.33. The number of hydrogen-bond acceptors (Lipinski definition) is 2. The molecule has 2 fully saturated rings. The molecule has 2 unspecified atom stereocenters. The smallest absolute Gasteiger partial charge is 0.0461 e. The molecule has 1 saturated heterocycles. The lowest BCUT2D eigenvalue weighted by molar-refractivity contribution is 0.303. The van der Waals surface area contributed by atoms with Gasteiger partial charge in [0.1, 0.15) is 0 Å². The van der Waals surface area contributed by atoms with Gasteiger partial charge in [-0.05, 0) is 58.3 Å². The van der Waals surface area contributed by atoms with E-state index in [-0.39, 0.29) is 0 Å². The molecule has 1 aliphatic heterocycles. The predicted octanol–water partition coefficient (Wildman–Crippen LogP) is 3.26. The molecule has 0 aromatic heterocycles.